The average Bonchev–Trinajstić information content (AvgIpc) is 2.69. The summed E-state index contributed by atoms with van der Waals surface area (Å²) in [4.78, 5) is 17.1. The maximum absolute atomic E-state index is 10.9. The van der Waals surface area contributed by atoms with Crippen LogP contribution in [0.2, 0.25) is 0 Å². The third kappa shape index (κ3) is 4.62. The first-order valence-corrected chi connectivity index (χ1v) is 8.94. The second-order valence-corrected chi connectivity index (χ2v) is 6.49. The molecule has 0 amide bonds. The summed E-state index contributed by atoms with van der Waals surface area (Å²) in [7, 11) is 1.74. The number of guanidine groups is 1. The van der Waals surface area contributed by atoms with Gasteiger partial charge in [0.2, 0.25) is 0 Å². The van der Waals surface area contributed by atoms with Crippen LogP contribution in [-0.2, 0) is 11.3 Å². The van der Waals surface area contributed by atoms with Crippen molar-refractivity contribution in [2.45, 2.75) is 19.6 Å². The highest BCUT2D eigenvalue weighted by molar-refractivity contribution is 5.80. The molecule has 2 aromatic carbocycles. The van der Waals surface area contributed by atoms with Crippen LogP contribution in [0.5, 0.6) is 0 Å². The highest BCUT2D eigenvalue weighted by Crippen LogP contribution is 2.25. The van der Waals surface area contributed by atoms with Crippen molar-refractivity contribution in [2.75, 3.05) is 26.7 Å². The molecular formula is C20H24N4O3. The monoisotopic (exact) mass is 368 g/mol. The van der Waals surface area contributed by atoms with Crippen LogP contribution in [0.3, 0.4) is 0 Å². The summed E-state index contributed by atoms with van der Waals surface area (Å²) >= 11 is 0. The van der Waals surface area contributed by atoms with Crippen molar-refractivity contribution in [1.29, 1.82) is 0 Å². The molecule has 1 atom stereocenters. The van der Waals surface area contributed by atoms with Crippen LogP contribution in [0.4, 0.5) is 5.69 Å². The number of nitro groups is 1. The molecule has 0 aliphatic carbocycles. The number of rotatable bonds is 4. The Bertz CT molecular complexity index is 837. The maximum Gasteiger partial charge on any atom is 0.269 e. The van der Waals surface area contributed by atoms with Crippen LogP contribution in [0.15, 0.2) is 53.5 Å². The molecule has 1 heterocycles. The normalized spacial score (nSPS) is 17.6. The number of benzene rings is 2. The Hall–Kier alpha value is -2.93. The molecule has 0 saturated carbocycles. The molecule has 1 N–H and O–H groups in total. The number of nitro benzene ring substituents is 1. The second kappa shape index (κ2) is 8.64. The molecule has 0 aromatic heterocycles. The Labute approximate surface area is 158 Å². The summed E-state index contributed by atoms with van der Waals surface area (Å²) in [5.41, 5.74) is 3.34. The number of aryl methyl sites for hydroxylation is 1. The summed E-state index contributed by atoms with van der Waals surface area (Å²) in [6.45, 7) is 4.64. The number of non-ortho nitro benzene ring substituents is 1. The zero-order valence-electron chi connectivity index (χ0n) is 15.6. The van der Waals surface area contributed by atoms with Gasteiger partial charge in [-0.1, -0.05) is 36.4 Å². The van der Waals surface area contributed by atoms with Gasteiger partial charge < -0.3 is 15.0 Å². The van der Waals surface area contributed by atoms with Gasteiger partial charge in [0.1, 0.15) is 6.10 Å². The van der Waals surface area contributed by atoms with Crippen LogP contribution in [0, 0.1) is 17.0 Å². The molecule has 1 unspecified atom stereocenters. The van der Waals surface area contributed by atoms with Crippen LogP contribution in [0.1, 0.15) is 22.8 Å². The SMILES string of the molecule is CN=C(NCc1cccc([N+](=O)[O-])c1)N1CCOC(c2ccccc2C)C1. The predicted octanol–water partition coefficient (Wildman–Crippen LogP) is 3.05. The van der Waals surface area contributed by atoms with E-state index in [1.54, 1.807) is 19.2 Å². The lowest BCUT2D eigenvalue weighted by molar-refractivity contribution is -0.384. The first-order chi connectivity index (χ1) is 13.1. The zero-order chi connectivity index (χ0) is 19.2. The molecule has 1 saturated heterocycles. The largest absolute Gasteiger partial charge is 0.370 e. The van der Waals surface area contributed by atoms with E-state index in [-0.39, 0.29) is 16.7 Å². The van der Waals surface area contributed by atoms with Gasteiger partial charge in [0.05, 0.1) is 18.1 Å². The Morgan fingerprint density at radius 2 is 2.15 bits per heavy atom. The fourth-order valence-corrected chi connectivity index (χ4v) is 3.27. The van der Waals surface area contributed by atoms with E-state index in [1.165, 1.54) is 17.2 Å². The molecule has 27 heavy (non-hydrogen) atoms. The molecular weight excluding hydrogens is 344 g/mol. The number of morpholine rings is 1. The Morgan fingerprint density at radius 1 is 1.33 bits per heavy atom. The van der Waals surface area contributed by atoms with Crippen molar-refractivity contribution in [3.8, 4) is 0 Å². The van der Waals surface area contributed by atoms with Gasteiger partial charge in [-0.2, -0.15) is 0 Å². The van der Waals surface area contributed by atoms with Crippen molar-refractivity contribution < 1.29 is 9.66 Å². The van der Waals surface area contributed by atoms with Gasteiger partial charge in [-0.05, 0) is 23.6 Å². The lowest BCUT2D eigenvalue weighted by Crippen LogP contribution is -2.48. The van der Waals surface area contributed by atoms with E-state index in [4.69, 9.17) is 4.74 Å². The van der Waals surface area contributed by atoms with Gasteiger partial charge in [-0.15, -0.1) is 0 Å². The summed E-state index contributed by atoms with van der Waals surface area (Å²) < 4.78 is 5.98. The maximum atomic E-state index is 10.9. The van der Waals surface area contributed by atoms with Gasteiger partial charge in [0, 0.05) is 32.3 Å². The molecule has 142 valence electrons. The molecule has 1 fully saturated rings. The van der Waals surface area contributed by atoms with E-state index >= 15 is 0 Å². The van der Waals surface area contributed by atoms with E-state index in [0.29, 0.717) is 19.7 Å². The number of hydrogen-bond acceptors (Lipinski definition) is 4. The van der Waals surface area contributed by atoms with Gasteiger partial charge in [-0.25, -0.2) is 0 Å². The van der Waals surface area contributed by atoms with E-state index < -0.39 is 0 Å². The van der Waals surface area contributed by atoms with Crippen molar-refractivity contribution >= 4 is 11.6 Å². The van der Waals surface area contributed by atoms with Crippen molar-refractivity contribution in [2.24, 2.45) is 4.99 Å². The fourth-order valence-electron chi connectivity index (χ4n) is 3.27. The highest BCUT2D eigenvalue weighted by Gasteiger charge is 2.25. The number of nitrogens with one attached hydrogen (secondary N) is 1. The number of nitrogens with zero attached hydrogens (tertiary/aromatic N) is 3. The van der Waals surface area contributed by atoms with E-state index in [1.807, 2.05) is 18.2 Å². The number of ether oxygens (including phenoxy) is 1. The topological polar surface area (TPSA) is 80.0 Å². The summed E-state index contributed by atoms with van der Waals surface area (Å²) in [5.74, 6) is 0.767. The Balaban J connectivity index is 1.66. The van der Waals surface area contributed by atoms with Crippen molar-refractivity contribution in [3.63, 3.8) is 0 Å². The lowest BCUT2D eigenvalue weighted by atomic mass is 10.0. The first kappa shape index (κ1) is 18.8. The molecule has 3 rings (SSSR count). The Morgan fingerprint density at radius 3 is 2.89 bits per heavy atom. The van der Waals surface area contributed by atoms with Gasteiger partial charge in [0.25, 0.3) is 5.69 Å². The minimum absolute atomic E-state index is 0.00341. The molecule has 2 aromatic rings. The molecule has 1 aliphatic rings. The minimum Gasteiger partial charge on any atom is -0.370 e. The molecule has 0 bridgehead atoms. The second-order valence-electron chi connectivity index (χ2n) is 6.49. The minimum atomic E-state index is -0.382. The van der Waals surface area contributed by atoms with Crippen LogP contribution < -0.4 is 5.32 Å². The van der Waals surface area contributed by atoms with E-state index in [0.717, 1.165) is 18.1 Å². The summed E-state index contributed by atoms with van der Waals surface area (Å²) in [6.07, 6.45) is -0.00341. The molecule has 1 aliphatic heterocycles. The molecule has 7 nitrogen and oxygen atoms in total. The van der Waals surface area contributed by atoms with Gasteiger partial charge >= 0.3 is 0 Å². The third-order valence-corrected chi connectivity index (χ3v) is 4.69. The lowest BCUT2D eigenvalue weighted by Gasteiger charge is -2.35. The van der Waals surface area contributed by atoms with Crippen molar-refractivity contribution in [1.82, 2.24) is 10.2 Å². The Kier molecular flexibility index (Phi) is 6.03. The molecule has 0 radical (unpaired) electrons. The predicted molar refractivity (Wildman–Crippen MR) is 105 cm³/mol. The van der Waals surface area contributed by atoms with Crippen LogP contribution >= 0.6 is 0 Å². The molecule has 7 heteroatoms. The van der Waals surface area contributed by atoms with Crippen LogP contribution in [-0.4, -0.2) is 42.5 Å². The quantitative estimate of drug-likeness (QED) is 0.388. The van der Waals surface area contributed by atoms with E-state index in [2.05, 4.69) is 34.3 Å². The summed E-state index contributed by atoms with van der Waals surface area (Å²) in [6, 6.07) is 14.9. The number of aliphatic imine (C=N–C) groups is 1. The fraction of sp³-hybridized carbons (Fsp3) is 0.350. The average molecular weight is 368 g/mol. The number of hydrogen-bond donors (Lipinski definition) is 1. The molecule has 0 spiro atoms. The van der Waals surface area contributed by atoms with Gasteiger partial charge in [-0.3, -0.25) is 15.1 Å². The van der Waals surface area contributed by atoms with Crippen LogP contribution in [0.25, 0.3) is 0 Å². The van der Waals surface area contributed by atoms with Gasteiger partial charge in [0.15, 0.2) is 5.96 Å². The van der Waals surface area contributed by atoms with Crippen molar-refractivity contribution in [3.05, 3.63) is 75.3 Å². The standard InChI is InChI=1S/C20H24N4O3/c1-15-6-3-4-9-18(15)19-14-23(10-11-27-19)20(21-2)22-13-16-7-5-8-17(12-16)24(25)26/h3-9,12,19H,10-11,13-14H2,1-2H3,(H,21,22). The first-order valence-electron chi connectivity index (χ1n) is 8.94. The highest BCUT2D eigenvalue weighted by atomic mass is 16.6. The summed E-state index contributed by atoms with van der Waals surface area (Å²) in [5, 5.41) is 14.2. The zero-order valence-corrected chi connectivity index (χ0v) is 15.6. The smallest absolute Gasteiger partial charge is 0.269 e. The third-order valence-electron chi connectivity index (χ3n) is 4.69. The van der Waals surface area contributed by atoms with E-state index in [9.17, 15) is 10.1 Å².